The molecule has 4 heterocycles. The summed E-state index contributed by atoms with van der Waals surface area (Å²) in [5.74, 6) is 0.156. The average Bonchev–Trinajstić information content (AvgIpc) is 2.99. The van der Waals surface area contributed by atoms with Gasteiger partial charge in [0.1, 0.15) is 17.5 Å². The Bertz CT molecular complexity index is 1590. The molecule has 6 aromatic rings. The molecular weight excluding hydrogens is 530 g/mol. The molecule has 0 spiro atoms. The van der Waals surface area contributed by atoms with Crippen molar-refractivity contribution in [3.8, 4) is 44.8 Å². The highest BCUT2D eigenvalue weighted by atomic mass is 35.5. The first-order valence-electron chi connectivity index (χ1n) is 12.2. The molecule has 0 aliphatic carbocycles. The van der Waals surface area contributed by atoms with Crippen molar-refractivity contribution < 1.29 is 8.78 Å². The smallest absolute Gasteiger partial charge is 0.222 e. The maximum absolute atomic E-state index is 13.1. The monoisotopic (exact) mass is 550 g/mol. The highest BCUT2D eigenvalue weighted by Crippen LogP contribution is 2.31. The van der Waals surface area contributed by atoms with Crippen molar-refractivity contribution in [2.75, 3.05) is 0 Å². The molecule has 40 heavy (non-hydrogen) atoms. The third-order valence-electron chi connectivity index (χ3n) is 5.89. The van der Waals surface area contributed by atoms with E-state index in [0.29, 0.717) is 11.5 Å². The van der Waals surface area contributed by atoms with E-state index >= 15 is 0 Å². The molecule has 2 aromatic carbocycles. The molecule has 9 heteroatoms. The van der Waals surface area contributed by atoms with Gasteiger partial charge in [-0.2, -0.15) is 0 Å². The summed E-state index contributed by atoms with van der Waals surface area (Å²) < 4.78 is 26.1. The summed E-state index contributed by atoms with van der Waals surface area (Å²) in [6.45, 7) is 1.85. The van der Waals surface area contributed by atoms with Gasteiger partial charge in [0.15, 0.2) is 0 Å². The lowest BCUT2D eigenvalue weighted by molar-refractivity contribution is 0.627. The second-order valence-electron chi connectivity index (χ2n) is 8.57. The van der Waals surface area contributed by atoms with E-state index in [4.69, 9.17) is 11.6 Å². The van der Waals surface area contributed by atoms with E-state index in [2.05, 4.69) is 29.9 Å². The zero-order valence-corrected chi connectivity index (χ0v) is 22.0. The summed E-state index contributed by atoms with van der Waals surface area (Å²) in [6.07, 6.45) is 10.2. The van der Waals surface area contributed by atoms with Crippen LogP contribution in [-0.4, -0.2) is 29.9 Å². The van der Waals surface area contributed by atoms with E-state index < -0.39 is 0 Å². The topological polar surface area (TPSA) is 77.3 Å². The summed E-state index contributed by atoms with van der Waals surface area (Å²) >= 11 is 5.88. The molecule has 0 radical (unpaired) electrons. The van der Waals surface area contributed by atoms with Crippen molar-refractivity contribution in [1.29, 1.82) is 0 Å². The van der Waals surface area contributed by atoms with Gasteiger partial charge >= 0.3 is 0 Å². The molecule has 6 nitrogen and oxygen atoms in total. The van der Waals surface area contributed by atoms with Gasteiger partial charge in [-0.25, -0.2) is 28.7 Å². The Morgan fingerprint density at radius 3 is 1.43 bits per heavy atom. The molecule has 0 saturated carbocycles. The van der Waals surface area contributed by atoms with Gasteiger partial charge in [-0.05, 0) is 78.2 Å². The van der Waals surface area contributed by atoms with E-state index in [-0.39, 0.29) is 16.9 Å². The van der Waals surface area contributed by atoms with Crippen LogP contribution in [0.3, 0.4) is 0 Å². The number of rotatable bonds is 4. The first kappa shape index (κ1) is 26.6. The van der Waals surface area contributed by atoms with Crippen LogP contribution in [0.25, 0.3) is 44.8 Å². The highest BCUT2D eigenvalue weighted by Gasteiger charge is 2.12. The minimum absolute atomic E-state index is 0.169. The summed E-state index contributed by atoms with van der Waals surface area (Å²) in [5.41, 5.74) is 6.74. The van der Waals surface area contributed by atoms with Crippen LogP contribution in [0.4, 0.5) is 8.78 Å². The molecule has 0 N–H and O–H groups in total. The van der Waals surface area contributed by atoms with Crippen molar-refractivity contribution in [1.82, 2.24) is 29.9 Å². The summed E-state index contributed by atoms with van der Waals surface area (Å²) in [4.78, 5) is 25.0. The molecule has 0 aliphatic heterocycles. The zero-order chi connectivity index (χ0) is 27.9. The van der Waals surface area contributed by atoms with E-state index in [9.17, 15) is 8.78 Å². The first-order valence-corrected chi connectivity index (χ1v) is 12.5. The van der Waals surface area contributed by atoms with Gasteiger partial charge < -0.3 is 0 Å². The van der Waals surface area contributed by atoms with Crippen molar-refractivity contribution in [2.45, 2.75) is 6.92 Å². The fourth-order valence-electron chi connectivity index (χ4n) is 3.97. The van der Waals surface area contributed by atoms with Crippen LogP contribution in [0.1, 0.15) is 5.82 Å². The predicted molar refractivity (Wildman–Crippen MR) is 151 cm³/mol. The predicted octanol–water partition coefficient (Wildman–Crippen LogP) is 7.65. The number of hydrogen-bond donors (Lipinski definition) is 0. The molecule has 0 unspecified atom stereocenters. The quantitative estimate of drug-likeness (QED) is 0.210. The largest absolute Gasteiger partial charge is 0.265 e. The van der Waals surface area contributed by atoms with Crippen LogP contribution in [0.15, 0.2) is 110 Å². The Morgan fingerprint density at radius 1 is 0.525 bits per heavy atom. The van der Waals surface area contributed by atoms with Crippen molar-refractivity contribution in [3.05, 3.63) is 133 Å². The molecule has 0 bridgehead atoms. The average molecular weight is 551 g/mol. The standard InChI is InChI=1S/C16H12FN3.C15H9ClFN3/c1-11-19-10-15(12-2-4-14(17)5-3-12)16(20-11)13-6-8-18-9-7-13;16-15-19-9-13(10-1-3-12(17)4-2-10)14(20-15)11-5-7-18-8-6-11/h2-10H,1H3;1-9H. The molecule has 0 aliphatic rings. The minimum Gasteiger partial charge on any atom is -0.265 e. The third-order valence-corrected chi connectivity index (χ3v) is 6.07. The molecule has 0 fully saturated rings. The van der Waals surface area contributed by atoms with E-state index in [1.165, 1.54) is 24.3 Å². The lowest BCUT2D eigenvalue weighted by Gasteiger charge is -2.09. The second kappa shape index (κ2) is 12.3. The number of hydrogen-bond acceptors (Lipinski definition) is 6. The van der Waals surface area contributed by atoms with Gasteiger partial charge in [-0.1, -0.05) is 24.3 Å². The summed E-state index contributed by atoms with van der Waals surface area (Å²) in [7, 11) is 0. The van der Waals surface area contributed by atoms with Gasteiger partial charge in [0.2, 0.25) is 5.28 Å². The molecule has 0 saturated heterocycles. The summed E-state index contributed by atoms with van der Waals surface area (Å²) in [6, 6.07) is 20.0. The van der Waals surface area contributed by atoms with Crippen molar-refractivity contribution in [2.24, 2.45) is 0 Å². The Labute approximate surface area is 234 Å². The zero-order valence-electron chi connectivity index (χ0n) is 21.2. The Hall–Kier alpha value is -4.95. The SMILES string of the molecule is Cc1ncc(-c2ccc(F)cc2)c(-c2ccncc2)n1.Fc1ccc(-c2cnc(Cl)nc2-c2ccncc2)cc1. The van der Waals surface area contributed by atoms with E-state index in [1.54, 1.807) is 61.4 Å². The maximum Gasteiger partial charge on any atom is 0.222 e. The van der Waals surface area contributed by atoms with Gasteiger partial charge in [0.25, 0.3) is 0 Å². The second-order valence-corrected chi connectivity index (χ2v) is 8.90. The van der Waals surface area contributed by atoms with E-state index in [1.807, 2.05) is 31.2 Å². The van der Waals surface area contributed by atoms with Crippen LogP contribution in [0, 0.1) is 18.6 Å². The fraction of sp³-hybridized carbons (Fsp3) is 0.0323. The fourth-order valence-corrected chi connectivity index (χ4v) is 4.10. The van der Waals surface area contributed by atoms with Crippen LogP contribution in [0.5, 0.6) is 0 Å². The molecule has 4 aromatic heterocycles. The maximum atomic E-state index is 13.1. The number of benzene rings is 2. The minimum atomic E-state index is -0.283. The van der Waals surface area contributed by atoms with Crippen molar-refractivity contribution >= 4 is 11.6 Å². The molecule has 6 rings (SSSR count). The lowest BCUT2D eigenvalue weighted by atomic mass is 10.0. The number of aromatic nitrogens is 6. The van der Waals surface area contributed by atoms with Crippen LogP contribution in [0.2, 0.25) is 5.28 Å². The normalized spacial score (nSPS) is 10.5. The van der Waals surface area contributed by atoms with Gasteiger partial charge in [-0.15, -0.1) is 0 Å². The van der Waals surface area contributed by atoms with Gasteiger partial charge in [-0.3, -0.25) is 9.97 Å². The summed E-state index contributed by atoms with van der Waals surface area (Å²) in [5, 5.41) is 0.169. The van der Waals surface area contributed by atoms with Gasteiger partial charge in [0, 0.05) is 59.4 Å². The number of pyridine rings is 2. The van der Waals surface area contributed by atoms with Crippen LogP contribution >= 0.6 is 11.6 Å². The van der Waals surface area contributed by atoms with Gasteiger partial charge in [0.05, 0.1) is 11.4 Å². The Kier molecular flexibility index (Phi) is 8.18. The third kappa shape index (κ3) is 6.36. The van der Waals surface area contributed by atoms with E-state index in [0.717, 1.165) is 39.1 Å². The molecule has 196 valence electrons. The number of halogens is 3. The van der Waals surface area contributed by atoms with Crippen LogP contribution < -0.4 is 0 Å². The first-order chi connectivity index (χ1) is 19.5. The Balaban J connectivity index is 0.000000161. The lowest BCUT2D eigenvalue weighted by Crippen LogP contribution is -1.95. The molecule has 0 amide bonds. The number of nitrogens with zero attached hydrogens (tertiary/aromatic N) is 6. The highest BCUT2D eigenvalue weighted by molar-refractivity contribution is 6.28. The van der Waals surface area contributed by atoms with Crippen LogP contribution in [-0.2, 0) is 0 Å². The Morgan fingerprint density at radius 2 is 0.950 bits per heavy atom. The molecule has 0 atom stereocenters. The van der Waals surface area contributed by atoms with Crippen molar-refractivity contribution in [3.63, 3.8) is 0 Å². The number of aryl methyl sites for hydroxylation is 1. The molecular formula is C31H21ClF2N6.